The molecule has 0 saturated carbocycles. The fourth-order valence-electron chi connectivity index (χ4n) is 3.21. The first-order valence-corrected chi connectivity index (χ1v) is 8.20. The second-order valence-electron chi connectivity index (χ2n) is 6.09. The maximum atomic E-state index is 15.0. The molecule has 8 heteroatoms. The van der Waals surface area contributed by atoms with Crippen molar-refractivity contribution < 1.29 is 9.13 Å². The first-order valence-electron chi connectivity index (χ1n) is 7.82. The summed E-state index contributed by atoms with van der Waals surface area (Å²) in [5, 5.41) is 0.00507. The highest BCUT2D eigenvalue weighted by molar-refractivity contribution is 6.34. The number of hydrogen-bond donors (Lipinski definition) is 3. The predicted molar refractivity (Wildman–Crippen MR) is 97.1 cm³/mol. The molecule has 0 spiro atoms. The van der Waals surface area contributed by atoms with E-state index in [0.717, 1.165) is 17.8 Å². The summed E-state index contributed by atoms with van der Waals surface area (Å²) < 4.78 is 20.6. The minimum atomic E-state index is -0.507. The number of pyridine rings is 1. The van der Waals surface area contributed by atoms with Gasteiger partial charge in [-0.25, -0.2) is 9.37 Å². The molecule has 0 aliphatic carbocycles. The number of nitrogens with one attached hydrogen (secondary N) is 2. The van der Waals surface area contributed by atoms with E-state index in [9.17, 15) is 4.39 Å². The SMILES string of the molecule is Cc1c(-c2cc3c(c(Cl)c2F)NNC(N)=C3)cnc2c1N(C)CCO2. The van der Waals surface area contributed by atoms with E-state index in [1.807, 2.05) is 14.0 Å². The summed E-state index contributed by atoms with van der Waals surface area (Å²) in [4.78, 5) is 6.42. The van der Waals surface area contributed by atoms with Crippen molar-refractivity contribution in [2.24, 2.45) is 5.73 Å². The smallest absolute Gasteiger partial charge is 0.237 e. The third-order valence-corrected chi connectivity index (χ3v) is 4.84. The van der Waals surface area contributed by atoms with E-state index in [1.54, 1.807) is 18.3 Å². The summed E-state index contributed by atoms with van der Waals surface area (Å²) >= 11 is 6.24. The predicted octanol–water partition coefficient (Wildman–Crippen LogP) is 2.87. The molecule has 0 atom stereocenters. The fraction of sp³-hybridized carbons (Fsp3) is 0.235. The van der Waals surface area contributed by atoms with Crippen molar-refractivity contribution in [3.05, 3.63) is 40.1 Å². The molecule has 0 bridgehead atoms. The van der Waals surface area contributed by atoms with Crippen molar-refractivity contribution in [1.29, 1.82) is 0 Å². The maximum absolute atomic E-state index is 15.0. The molecule has 4 N–H and O–H groups in total. The Bertz CT molecular complexity index is 915. The Kier molecular flexibility index (Phi) is 3.61. The van der Waals surface area contributed by atoms with Gasteiger partial charge in [0, 0.05) is 29.9 Å². The van der Waals surface area contributed by atoms with Gasteiger partial charge in [0.25, 0.3) is 0 Å². The molecule has 1 aromatic carbocycles. The number of hydrazine groups is 1. The molecule has 2 aromatic rings. The number of benzene rings is 1. The van der Waals surface area contributed by atoms with Crippen LogP contribution in [-0.2, 0) is 0 Å². The van der Waals surface area contributed by atoms with Crippen LogP contribution in [0.3, 0.4) is 0 Å². The second-order valence-corrected chi connectivity index (χ2v) is 6.46. The number of nitrogens with zero attached hydrogens (tertiary/aromatic N) is 2. The van der Waals surface area contributed by atoms with E-state index in [2.05, 4.69) is 20.7 Å². The van der Waals surface area contributed by atoms with Gasteiger partial charge >= 0.3 is 0 Å². The van der Waals surface area contributed by atoms with Gasteiger partial charge in [-0.3, -0.25) is 10.9 Å². The quantitative estimate of drug-likeness (QED) is 0.725. The Balaban J connectivity index is 1.93. The van der Waals surface area contributed by atoms with E-state index < -0.39 is 5.82 Å². The van der Waals surface area contributed by atoms with Crippen LogP contribution in [0.1, 0.15) is 11.1 Å². The van der Waals surface area contributed by atoms with Gasteiger partial charge < -0.3 is 15.4 Å². The normalized spacial score (nSPS) is 15.4. The average molecular weight is 362 g/mol. The Morgan fingerprint density at radius 3 is 2.96 bits per heavy atom. The van der Waals surface area contributed by atoms with Crippen LogP contribution < -0.4 is 26.2 Å². The Labute approximate surface area is 149 Å². The van der Waals surface area contributed by atoms with Crippen LogP contribution in [0.5, 0.6) is 5.88 Å². The number of likely N-dealkylation sites (N-methyl/N-ethyl adjacent to an activating group) is 1. The summed E-state index contributed by atoms with van der Waals surface area (Å²) in [5.41, 5.74) is 15.3. The molecular weight excluding hydrogens is 345 g/mol. The minimum absolute atomic E-state index is 0.00507. The van der Waals surface area contributed by atoms with Crippen molar-refractivity contribution in [3.63, 3.8) is 0 Å². The number of nitrogens with two attached hydrogens (primary N) is 1. The number of anilines is 2. The van der Waals surface area contributed by atoms with Gasteiger partial charge in [-0.05, 0) is 24.6 Å². The van der Waals surface area contributed by atoms with Gasteiger partial charge in [0.1, 0.15) is 23.1 Å². The zero-order valence-corrected chi connectivity index (χ0v) is 14.5. The van der Waals surface area contributed by atoms with Gasteiger partial charge in [-0.1, -0.05) is 11.6 Å². The van der Waals surface area contributed by atoms with Gasteiger partial charge in [0.15, 0.2) is 5.82 Å². The summed E-state index contributed by atoms with van der Waals surface area (Å²) in [6.45, 7) is 3.26. The van der Waals surface area contributed by atoms with E-state index in [0.29, 0.717) is 40.7 Å². The molecule has 3 heterocycles. The first kappa shape index (κ1) is 15.8. The highest BCUT2D eigenvalue weighted by atomic mass is 35.5. The molecule has 130 valence electrons. The minimum Gasteiger partial charge on any atom is -0.474 e. The Morgan fingerprint density at radius 2 is 2.16 bits per heavy atom. The summed E-state index contributed by atoms with van der Waals surface area (Å²) in [6.07, 6.45) is 3.33. The third kappa shape index (κ3) is 2.42. The second kappa shape index (κ2) is 5.70. The molecule has 0 fully saturated rings. The van der Waals surface area contributed by atoms with E-state index in [-0.39, 0.29) is 5.02 Å². The molecule has 6 nitrogen and oxygen atoms in total. The fourth-order valence-corrected chi connectivity index (χ4v) is 3.47. The number of rotatable bonds is 1. The molecule has 0 unspecified atom stereocenters. The number of aromatic nitrogens is 1. The van der Waals surface area contributed by atoms with Crippen LogP contribution in [0.4, 0.5) is 15.8 Å². The average Bonchev–Trinajstić information content (AvgIpc) is 2.58. The van der Waals surface area contributed by atoms with E-state index in [1.165, 1.54) is 0 Å². The zero-order valence-electron chi connectivity index (χ0n) is 13.8. The van der Waals surface area contributed by atoms with Crippen LogP contribution in [0.25, 0.3) is 17.2 Å². The van der Waals surface area contributed by atoms with Crippen LogP contribution in [0, 0.1) is 12.7 Å². The van der Waals surface area contributed by atoms with Crippen LogP contribution in [0.2, 0.25) is 5.02 Å². The first-order chi connectivity index (χ1) is 12.0. The zero-order chi connectivity index (χ0) is 17.7. The summed E-state index contributed by atoms with van der Waals surface area (Å²) in [6, 6.07) is 1.72. The molecule has 2 aliphatic heterocycles. The number of ether oxygens (including phenoxy) is 1. The van der Waals surface area contributed by atoms with Gasteiger partial charge in [-0.15, -0.1) is 0 Å². The highest BCUT2D eigenvalue weighted by Gasteiger charge is 2.25. The number of fused-ring (bicyclic) bond motifs is 2. The lowest BCUT2D eigenvalue weighted by Gasteiger charge is -2.29. The van der Waals surface area contributed by atoms with E-state index >= 15 is 0 Å². The lowest BCUT2D eigenvalue weighted by atomic mass is 9.97. The lowest BCUT2D eigenvalue weighted by Crippen LogP contribution is -2.30. The molecule has 2 aliphatic rings. The third-order valence-electron chi connectivity index (χ3n) is 4.49. The summed E-state index contributed by atoms with van der Waals surface area (Å²) in [7, 11) is 1.97. The molecule has 0 saturated heterocycles. The summed E-state index contributed by atoms with van der Waals surface area (Å²) in [5.74, 6) is 0.483. The van der Waals surface area contributed by atoms with Crippen molar-refractivity contribution in [1.82, 2.24) is 10.4 Å². The standard InChI is InChI=1S/C17H17ClFN5O/c1-8-11(7-21-17-16(8)24(2)3-4-25-17)10-5-9-6-12(20)22-23-15(9)13(18)14(10)19/h5-7,22-23H,3-4,20H2,1-2H3. The van der Waals surface area contributed by atoms with Crippen molar-refractivity contribution >= 4 is 29.1 Å². The number of hydrogen-bond acceptors (Lipinski definition) is 6. The van der Waals surface area contributed by atoms with Crippen molar-refractivity contribution in [2.75, 3.05) is 30.5 Å². The Hall–Kier alpha value is -2.67. The lowest BCUT2D eigenvalue weighted by molar-refractivity contribution is 0.298. The number of halogens is 2. The molecule has 1 aromatic heterocycles. The maximum Gasteiger partial charge on any atom is 0.237 e. The van der Waals surface area contributed by atoms with Crippen molar-refractivity contribution in [2.45, 2.75) is 6.92 Å². The Morgan fingerprint density at radius 1 is 1.36 bits per heavy atom. The van der Waals surface area contributed by atoms with Gasteiger partial charge in [0.2, 0.25) is 5.88 Å². The molecule has 25 heavy (non-hydrogen) atoms. The largest absolute Gasteiger partial charge is 0.474 e. The van der Waals surface area contributed by atoms with Crippen LogP contribution in [0.15, 0.2) is 18.1 Å². The van der Waals surface area contributed by atoms with Crippen LogP contribution >= 0.6 is 11.6 Å². The molecule has 0 radical (unpaired) electrons. The topological polar surface area (TPSA) is 75.4 Å². The van der Waals surface area contributed by atoms with Crippen molar-refractivity contribution in [3.8, 4) is 17.0 Å². The van der Waals surface area contributed by atoms with Gasteiger partial charge in [-0.2, -0.15) is 0 Å². The monoisotopic (exact) mass is 361 g/mol. The molecule has 4 rings (SSSR count). The molecular formula is C17H17ClFN5O. The van der Waals surface area contributed by atoms with Crippen LogP contribution in [-0.4, -0.2) is 25.2 Å². The van der Waals surface area contributed by atoms with Gasteiger partial charge in [0.05, 0.1) is 12.2 Å². The highest BCUT2D eigenvalue weighted by Crippen LogP contribution is 2.42. The van der Waals surface area contributed by atoms with E-state index in [4.69, 9.17) is 22.1 Å². The molecule has 0 amide bonds.